The fraction of sp³-hybridized carbons (Fsp3) is 0.273. The van der Waals surface area contributed by atoms with Gasteiger partial charge in [0.25, 0.3) is 0 Å². The number of benzene rings is 1. The lowest BCUT2D eigenvalue weighted by molar-refractivity contribution is 0.412. The Labute approximate surface area is 105 Å². The SMILES string of the molecule is CNC(=S)N/N=C(\C)c1cc(OC)ccc1O. The average molecular weight is 253 g/mol. The van der Waals surface area contributed by atoms with Crippen molar-refractivity contribution in [1.29, 1.82) is 0 Å². The summed E-state index contributed by atoms with van der Waals surface area (Å²) in [5, 5.41) is 16.9. The summed E-state index contributed by atoms with van der Waals surface area (Å²) < 4.78 is 5.08. The summed E-state index contributed by atoms with van der Waals surface area (Å²) in [5.41, 5.74) is 3.86. The molecule has 3 N–H and O–H groups in total. The summed E-state index contributed by atoms with van der Waals surface area (Å²) in [6.07, 6.45) is 0. The van der Waals surface area contributed by atoms with Crippen molar-refractivity contribution in [3.05, 3.63) is 23.8 Å². The summed E-state index contributed by atoms with van der Waals surface area (Å²) in [6.45, 7) is 1.76. The maximum absolute atomic E-state index is 9.71. The highest BCUT2D eigenvalue weighted by Gasteiger charge is 2.06. The molecule has 0 unspecified atom stereocenters. The number of hydrogen-bond acceptors (Lipinski definition) is 4. The predicted molar refractivity (Wildman–Crippen MR) is 71.7 cm³/mol. The number of rotatable bonds is 3. The van der Waals surface area contributed by atoms with Crippen molar-refractivity contribution in [1.82, 2.24) is 10.7 Å². The van der Waals surface area contributed by atoms with E-state index in [1.54, 1.807) is 39.3 Å². The molecule has 0 aliphatic carbocycles. The van der Waals surface area contributed by atoms with Crippen LogP contribution < -0.4 is 15.5 Å². The topological polar surface area (TPSA) is 65.9 Å². The van der Waals surface area contributed by atoms with Crippen molar-refractivity contribution in [3.63, 3.8) is 0 Å². The number of hydrazone groups is 1. The Hall–Kier alpha value is -1.82. The Kier molecular flexibility index (Phi) is 4.71. The molecular weight excluding hydrogens is 238 g/mol. The Morgan fingerprint density at radius 3 is 2.76 bits per heavy atom. The zero-order chi connectivity index (χ0) is 12.8. The standard InChI is InChI=1S/C11H15N3O2S/c1-7(13-14-11(17)12-2)9-6-8(16-3)4-5-10(9)15/h4-6,15H,1-3H3,(H2,12,14,17)/b13-7+. The molecule has 0 heterocycles. The number of ether oxygens (including phenoxy) is 1. The number of nitrogens with one attached hydrogen (secondary N) is 2. The molecule has 0 saturated heterocycles. The average Bonchev–Trinajstić information content (AvgIpc) is 2.36. The third-order valence-electron chi connectivity index (χ3n) is 2.15. The molecule has 0 aliphatic heterocycles. The van der Waals surface area contributed by atoms with Crippen LogP contribution in [0.3, 0.4) is 0 Å². The molecule has 0 fully saturated rings. The zero-order valence-corrected chi connectivity index (χ0v) is 10.8. The summed E-state index contributed by atoms with van der Waals surface area (Å²) in [5.74, 6) is 0.799. The van der Waals surface area contributed by atoms with Crippen LogP contribution in [0.5, 0.6) is 11.5 Å². The minimum atomic E-state index is 0.143. The molecule has 0 saturated carbocycles. The third kappa shape index (κ3) is 3.60. The van der Waals surface area contributed by atoms with E-state index in [4.69, 9.17) is 17.0 Å². The van der Waals surface area contributed by atoms with E-state index in [1.807, 2.05) is 0 Å². The highest BCUT2D eigenvalue weighted by Crippen LogP contribution is 2.23. The Morgan fingerprint density at radius 2 is 2.18 bits per heavy atom. The van der Waals surface area contributed by atoms with Gasteiger partial charge in [0, 0.05) is 12.6 Å². The van der Waals surface area contributed by atoms with Crippen molar-refractivity contribution in [3.8, 4) is 11.5 Å². The molecule has 92 valence electrons. The molecule has 1 aromatic rings. The van der Waals surface area contributed by atoms with Crippen LogP contribution in [-0.4, -0.2) is 30.1 Å². The molecule has 1 rings (SSSR count). The van der Waals surface area contributed by atoms with Gasteiger partial charge in [-0.25, -0.2) is 0 Å². The second-order valence-electron chi connectivity index (χ2n) is 3.27. The lowest BCUT2D eigenvalue weighted by Crippen LogP contribution is -2.29. The number of aromatic hydroxyl groups is 1. The molecule has 0 atom stereocenters. The van der Waals surface area contributed by atoms with Crippen molar-refractivity contribution in [2.24, 2.45) is 5.10 Å². The molecular formula is C11H15N3O2S. The smallest absolute Gasteiger partial charge is 0.186 e. The van der Waals surface area contributed by atoms with E-state index >= 15 is 0 Å². The van der Waals surface area contributed by atoms with Gasteiger partial charge >= 0.3 is 0 Å². The second kappa shape index (κ2) is 6.05. The van der Waals surface area contributed by atoms with Crippen LogP contribution in [0.15, 0.2) is 23.3 Å². The highest BCUT2D eigenvalue weighted by molar-refractivity contribution is 7.80. The first-order valence-corrected chi connectivity index (χ1v) is 5.38. The van der Waals surface area contributed by atoms with E-state index in [0.717, 1.165) is 0 Å². The zero-order valence-electron chi connectivity index (χ0n) is 9.94. The molecule has 0 aliphatic rings. The maximum atomic E-state index is 9.71. The van der Waals surface area contributed by atoms with Gasteiger partial charge in [-0.3, -0.25) is 5.43 Å². The Bertz CT molecular complexity index is 446. The van der Waals surface area contributed by atoms with Crippen molar-refractivity contribution < 1.29 is 9.84 Å². The molecule has 5 nitrogen and oxygen atoms in total. The molecule has 6 heteroatoms. The van der Waals surface area contributed by atoms with Crippen LogP contribution in [0.1, 0.15) is 12.5 Å². The summed E-state index contributed by atoms with van der Waals surface area (Å²) in [4.78, 5) is 0. The number of hydrogen-bond donors (Lipinski definition) is 3. The number of phenols is 1. The van der Waals surface area contributed by atoms with Crippen LogP contribution >= 0.6 is 12.2 Å². The number of thiocarbonyl (C=S) groups is 1. The van der Waals surface area contributed by atoms with E-state index in [-0.39, 0.29) is 5.75 Å². The second-order valence-corrected chi connectivity index (χ2v) is 3.68. The summed E-state index contributed by atoms with van der Waals surface area (Å²) in [6, 6.07) is 4.94. The predicted octanol–water partition coefficient (Wildman–Crippen LogP) is 1.22. The van der Waals surface area contributed by atoms with E-state index < -0.39 is 0 Å². The molecule has 1 aromatic carbocycles. The normalized spacial score (nSPS) is 10.9. The van der Waals surface area contributed by atoms with Gasteiger partial charge in [0.1, 0.15) is 11.5 Å². The largest absolute Gasteiger partial charge is 0.507 e. The van der Waals surface area contributed by atoms with Gasteiger partial charge in [-0.15, -0.1) is 0 Å². The van der Waals surface area contributed by atoms with Gasteiger partial charge in [0.05, 0.1) is 12.8 Å². The van der Waals surface area contributed by atoms with Gasteiger partial charge in [-0.05, 0) is 37.3 Å². The Morgan fingerprint density at radius 1 is 1.47 bits per heavy atom. The van der Waals surface area contributed by atoms with Crippen LogP contribution in [-0.2, 0) is 0 Å². The van der Waals surface area contributed by atoms with Gasteiger partial charge in [-0.1, -0.05) is 0 Å². The Balaban J connectivity index is 2.94. The molecule has 0 bridgehead atoms. The van der Waals surface area contributed by atoms with Crippen LogP contribution in [0.2, 0.25) is 0 Å². The van der Waals surface area contributed by atoms with E-state index in [2.05, 4.69) is 15.8 Å². The van der Waals surface area contributed by atoms with Gasteiger partial charge < -0.3 is 15.2 Å². The quantitative estimate of drug-likeness (QED) is 0.429. The van der Waals surface area contributed by atoms with Gasteiger partial charge in [0.15, 0.2) is 5.11 Å². The number of methoxy groups -OCH3 is 1. The summed E-state index contributed by atoms with van der Waals surface area (Å²) in [7, 11) is 3.26. The first-order valence-electron chi connectivity index (χ1n) is 4.98. The van der Waals surface area contributed by atoms with Crippen LogP contribution in [0, 0.1) is 0 Å². The van der Waals surface area contributed by atoms with Crippen molar-refractivity contribution >= 4 is 23.0 Å². The minimum Gasteiger partial charge on any atom is -0.507 e. The van der Waals surface area contributed by atoms with E-state index in [0.29, 0.717) is 22.1 Å². The third-order valence-corrected chi connectivity index (χ3v) is 2.44. The maximum Gasteiger partial charge on any atom is 0.186 e. The minimum absolute atomic E-state index is 0.143. The lowest BCUT2D eigenvalue weighted by atomic mass is 10.1. The van der Waals surface area contributed by atoms with Crippen molar-refractivity contribution in [2.45, 2.75) is 6.92 Å². The molecule has 0 spiro atoms. The number of nitrogens with zero attached hydrogens (tertiary/aromatic N) is 1. The van der Waals surface area contributed by atoms with Crippen LogP contribution in [0.25, 0.3) is 0 Å². The fourth-order valence-electron chi connectivity index (χ4n) is 1.18. The van der Waals surface area contributed by atoms with Crippen LogP contribution in [0.4, 0.5) is 0 Å². The molecule has 17 heavy (non-hydrogen) atoms. The molecule has 0 aromatic heterocycles. The monoisotopic (exact) mass is 253 g/mol. The van der Waals surface area contributed by atoms with Gasteiger partial charge in [-0.2, -0.15) is 5.10 Å². The van der Waals surface area contributed by atoms with E-state index in [9.17, 15) is 5.11 Å². The number of phenolic OH excluding ortho intramolecular Hbond substituents is 1. The molecule has 0 radical (unpaired) electrons. The van der Waals surface area contributed by atoms with E-state index in [1.165, 1.54) is 0 Å². The summed E-state index contributed by atoms with van der Waals surface area (Å²) >= 11 is 4.89. The van der Waals surface area contributed by atoms with Gasteiger partial charge in [0.2, 0.25) is 0 Å². The lowest BCUT2D eigenvalue weighted by Gasteiger charge is -2.07. The highest BCUT2D eigenvalue weighted by atomic mass is 32.1. The van der Waals surface area contributed by atoms with Crippen molar-refractivity contribution in [2.75, 3.05) is 14.2 Å². The first-order chi connectivity index (χ1) is 8.08. The molecule has 0 amide bonds. The first kappa shape index (κ1) is 13.2. The fourth-order valence-corrected chi connectivity index (χ4v) is 1.23.